The van der Waals surface area contributed by atoms with E-state index in [-0.39, 0.29) is 18.5 Å². The van der Waals surface area contributed by atoms with Gasteiger partial charge in [0.05, 0.1) is 13.2 Å². The molecule has 0 aliphatic heterocycles. The highest BCUT2D eigenvalue weighted by Crippen LogP contribution is 1.82. The van der Waals surface area contributed by atoms with Gasteiger partial charge in [0.1, 0.15) is 0 Å². The largest absolute Gasteiger partial charge is 0.380 e. The molecule has 1 amide bonds. The van der Waals surface area contributed by atoms with Gasteiger partial charge in [-0.1, -0.05) is 0 Å². The molecule has 66 valence electrons. The molecular weight excluding hydrogens is 144 g/mol. The van der Waals surface area contributed by atoms with Crippen LogP contribution >= 0.6 is 0 Å². The number of ether oxygens (including phenoxy) is 1. The number of amides is 1. The molecule has 0 aliphatic rings. The monoisotopic (exact) mass is 160 g/mol. The van der Waals surface area contributed by atoms with Gasteiger partial charge in [-0.25, -0.2) is 0 Å². The summed E-state index contributed by atoms with van der Waals surface area (Å²) in [4.78, 5) is 10.3. The maximum Gasteiger partial charge on any atom is 0.231 e. The molecule has 0 radical (unpaired) electrons. The van der Waals surface area contributed by atoms with E-state index in [1.807, 2.05) is 13.8 Å². The highest BCUT2D eigenvalue weighted by Gasteiger charge is 2.01. The van der Waals surface area contributed by atoms with E-state index in [0.29, 0.717) is 13.2 Å². The molecule has 0 fully saturated rings. The molecule has 4 heteroatoms. The molecule has 0 aromatic rings. The lowest BCUT2D eigenvalue weighted by atomic mass is 10.3. The van der Waals surface area contributed by atoms with Gasteiger partial charge in [-0.05, 0) is 13.8 Å². The van der Waals surface area contributed by atoms with Gasteiger partial charge in [-0.3, -0.25) is 4.79 Å². The fraction of sp³-hybridized carbons (Fsp3) is 0.857. The number of nitrogens with one attached hydrogen (secondary N) is 1. The summed E-state index contributed by atoms with van der Waals surface area (Å²) in [6, 6.07) is 0.183. The molecule has 0 saturated carbocycles. The van der Waals surface area contributed by atoms with E-state index in [2.05, 4.69) is 5.32 Å². The number of carbonyl (C=O) groups excluding carboxylic acids is 1. The quantitative estimate of drug-likeness (QED) is 0.550. The van der Waals surface area contributed by atoms with Crippen LogP contribution in [0.25, 0.3) is 0 Å². The van der Waals surface area contributed by atoms with Crippen molar-refractivity contribution in [2.24, 2.45) is 5.73 Å². The summed E-state index contributed by atoms with van der Waals surface area (Å²) in [6.07, 6.45) is 0. The van der Waals surface area contributed by atoms with Gasteiger partial charge in [-0.15, -0.1) is 0 Å². The first-order valence-electron chi connectivity index (χ1n) is 3.76. The number of hydrogen-bond donors (Lipinski definition) is 2. The highest BCUT2D eigenvalue weighted by atomic mass is 16.5. The van der Waals surface area contributed by atoms with Crippen LogP contribution < -0.4 is 11.1 Å². The zero-order valence-corrected chi connectivity index (χ0v) is 7.09. The SMILES string of the molecule is CCOCC(C)NCC(N)=O. The Morgan fingerprint density at radius 2 is 2.36 bits per heavy atom. The number of nitrogens with two attached hydrogens (primary N) is 1. The highest BCUT2D eigenvalue weighted by molar-refractivity contribution is 5.75. The van der Waals surface area contributed by atoms with Crippen molar-refractivity contribution in [3.63, 3.8) is 0 Å². The van der Waals surface area contributed by atoms with Crippen molar-refractivity contribution in [1.29, 1.82) is 0 Å². The molecule has 1 unspecified atom stereocenters. The molecule has 3 N–H and O–H groups in total. The third-order valence-electron chi connectivity index (χ3n) is 1.20. The van der Waals surface area contributed by atoms with Crippen LogP contribution in [0.4, 0.5) is 0 Å². The molecule has 0 aromatic heterocycles. The van der Waals surface area contributed by atoms with Crippen molar-refractivity contribution in [1.82, 2.24) is 5.32 Å². The van der Waals surface area contributed by atoms with Crippen LogP contribution in [0, 0.1) is 0 Å². The molecule has 0 aromatic carbocycles. The Hall–Kier alpha value is -0.610. The summed E-state index contributed by atoms with van der Waals surface area (Å²) in [7, 11) is 0. The minimum absolute atomic E-state index is 0.183. The fourth-order valence-corrected chi connectivity index (χ4v) is 0.628. The second-order valence-corrected chi connectivity index (χ2v) is 2.41. The zero-order valence-electron chi connectivity index (χ0n) is 7.09. The van der Waals surface area contributed by atoms with Crippen molar-refractivity contribution in [3.8, 4) is 0 Å². The van der Waals surface area contributed by atoms with Gasteiger partial charge in [-0.2, -0.15) is 0 Å². The van der Waals surface area contributed by atoms with E-state index < -0.39 is 0 Å². The first kappa shape index (κ1) is 10.4. The van der Waals surface area contributed by atoms with Crippen molar-refractivity contribution in [3.05, 3.63) is 0 Å². The summed E-state index contributed by atoms with van der Waals surface area (Å²) in [5.41, 5.74) is 4.93. The average Bonchev–Trinajstić information content (AvgIpc) is 1.97. The Kier molecular flexibility index (Phi) is 5.78. The smallest absolute Gasteiger partial charge is 0.231 e. The molecule has 0 heterocycles. The van der Waals surface area contributed by atoms with E-state index >= 15 is 0 Å². The summed E-state index contributed by atoms with van der Waals surface area (Å²) < 4.78 is 5.11. The summed E-state index contributed by atoms with van der Waals surface area (Å²) >= 11 is 0. The lowest BCUT2D eigenvalue weighted by Crippen LogP contribution is -2.37. The fourth-order valence-electron chi connectivity index (χ4n) is 0.628. The van der Waals surface area contributed by atoms with Crippen LogP contribution in [0.2, 0.25) is 0 Å². The van der Waals surface area contributed by atoms with Gasteiger partial charge < -0.3 is 15.8 Å². The van der Waals surface area contributed by atoms with Crippen molar-refractivity contribution < 1.29 is 9.53 Å². The van der Waals surface area contributed by atoms with Gasteiger partial charge in [0, 0.05) is 12.6 Å². The number of hydrogen-bond acceptors (Lipinski definition) is 3. The van der Waals surface area contributed by atoms with E-state index in [4.69, 9.17) is 10.5 Å². The topological polar surface area (TPSA) is 64.3 Å². The average molecular weight is 160 g/mol. The van der Waals surface area contributed by atoms with E-state index in [1.54, 1.807) is 0 Å². The van der Waals surface area contributed by atoms with Gasteiger partial charge >= 0.3 is 0 Å². The number of primary amides is 1. The first-order chi connectivity index (χ1) is 5.16. The summed E-state index contributed by atoms with van der Waals surface area (Å²) in [5, 5.41) is 2.92. The van der Waals surface area contributed by atoms with Crippen molar-refractivity contribution in [2.75, 3.05) is 19.8 Å². The minimum atomic E-state index is -0.339. The maximum absolute atomic E-state index is 10.3. The molecule has 1 atom stereocenters. The lowest BCUT2D eigenvalue weighted by molar-refractivity contribution is -0.117. The molecular formula is C7H16N2O2. The second-order valence-electron chi connectivity index (χ2n) is 2.41. The molecule has 0 saturated heterocycles. The Labute approximate surface area is 67.1 Å². The van der Waals surface area contributed by atoms with Crippen molar-refractivity contribution >= 4 is 5.91 Å². The Morgan fingerprint density at radius 3 is 2.82 bits per heavy atom. The molecule has 0 aliphatic carbocycles. The predicted octanol–water partition coefficient (Wildman–Crippen LogP) is -0.514. The predicted molar refractivity (Wildman–Crippen MR) is 43.2 cm³/mol. The van der Waals surface area contributed by atoms with Gasteiger partial charge in [0.25, 0.3) is 0 Å². The van der Waals surface area contributed by atoms with Gasteiger partial charge in [0.15, 0.2) is 0 Å². The van der Waals surface area contributed by atoms with Crippen LogP contribution in [0.5, 0.6) is 0 Å². The second kappa shape index (κ2) is 6.12. The Balaban J connectivity index is 3.22. The molecule has 0 bridgehead atoms. The Morgan fingerprint density at radius 1 is 1.73 bits per heavy atom. The molecule has 11 heavy (non-hydrogen) atoms. The molecule has 4 nitrogen and oxygen atoms in total. The number of carbonyl (C=O) groups is 1. The van der Waals surface area contributed by atoms with E-state index in [0.717, 1.165) is 0 Å². The summed E-state index contributed by atoms with van der Waals surface area (Å²) in [5.74, 6) is -0.339. The van der Waals surface area contributed by atoms with Crippen LogP contribution in [-0.4, -0.2) is 31.7 Å². The maximum atomic E-state index is 10.3. The lowest BCUT2D eigenvalue weighted by Gasteiger charge is -2.11. The minimum Gasteiger partial charge on any atom is -0.380 e. The van der Waals surface area contributed by atoms with Crippen LogP contribution in [-0.2, 0) is 9.53 Å². The molecule has 0 rings (SSSR count). The number of rotatable bonds is 6. The third-order valence-corrected chi connectivity index (χ3v) is 1.20. The van der Waals surface area contributed by atoms with Crippen LogP contribution in [0.1, 0.15) is 13.8 Å². The van der Waals surface area contributed by atoms with Crippen LogP contribution in [0.3, 0.4) is 0 Å². The first-order valence-corrected chi connectivity index (χ1v) is 3.76. The van der Waals surface area contributed by atoms with Crippen LogP contribution in [0.15, 0.2) is 0 Å². The standard InChI is InChI=1S/C7H16N2O2/c1-3-11-5-6(2)9-4-7(8)10/h6,9H,3-5H2,1-2H3,(H2,8,10). The van der Waals surface area contributed by atoms with E-state index in [1.165, 1.54) is 0 Å². The third kappa shape index (κ3) is 7.29. The van der Waals surface area contributed by atoms with E-state index in [9.17, 15) is 4.79 Å². The zero-order chi connectivity index (χ0) is 8.69. The van der Waals surface area contributed by atoms with Crippen molar-refractivity contribution in [2.45, 2.75) is 19.9 Å². The summed E-state index contributed by atoms with van der Waals surface area (Å²) in [6.45, 7) is 5.40. The molecule has 0 spiro atoms. The van der Waals surface area contributed by atoms with Gasteiger partial charge in [0.2, 0.25) is 5.91 Å². The Bertz CT molecular complexity index is 117. The normalized spacial score (nSPS) is 12.9.